The largest absolute Gasteiger partial charge is 0.491 e. The minimum atomic E-state index is -0.310. The third kappa shape index (κ3) is 4.25. The van der Waals surface area contributed by atoms with Crippen molar-refractivity contribution >= 4 is 13.2 Å². The van der Waals surface area contributed by atoms with Gasteiger partial charge in [0.15, 0.2) is 0 Å². The highest BCUT2D eigenvalue weighted by atomic mass is 16.7. The van der Waals surface area contributed by atoms with Crippen LogP contribution in [0.5, 0.6) is 0 Å². The topological polar surface area (TPSA) is 30.5 Å². The van der Waals surface area contributed by atoms with Gasteiger partial charge in [0.05, 0.1) is 11.2 Å². The van der Waals surface area contributed by atoms with Crippen LogP contribution >= 0.6 is 0 Å². The Hall–Kier alpha value is -1.10. The SMILES string of the molecule is CCCc1ccc(C=C(CNC)B2OC(C)(C)C(C)(C)O2)cc1. The monoisotopic (exact) mass is 315 g/mol. The van der Waals surface area contributed by atoms with Crippen LogP contribution in [-0.2, 0) is 15.7 Å². The first-order valence-electron chi connectivity index (χ1n) is 8.58. The summed E-state index contributed by atoms with van der Waals surface area (Å²) in [7, 11) is 1.64. The van der Waals surface area contributed by atoms with E-state index in [-0.39, 0.29) is 18.3 Å². The van der Waals surface area contributed by atoms with Gasteiger partial charge in [-0.2, -0.15) is 0 Å². The van der Waals surface area contributed by atoms with Crippen molar-refractivity contribution in [2.75, 3.05) is 13.6 Å². The van der Waals surface area contributed by atoms with Gasteiger partial charge in [-0.15, -0.1) is 0 Å². The van der Waals surface area contributed by atoms with Gasteiger partial charge in [-0.25, -0.2) is 0 Å². The molecular formula is C19H30BNO2. The van der Waals surface area contributed by atoms with Crippen LogP contribution in [-0.4, -0.2) is 31.9 Å². The number of benzene rings is 1. The molecule has 0 unspecified atom stereocenters. The van der Waals surface area contributed by atoms with Crippen LogP contribution in [0.3, 0.4) is 0 Å². The molecule has 1 aromatic rings. The highest BCUT2D eigenvalue weighted by Gasteiger charge is 2.52. The summed E-state index contributed by atoms with van der Waals surface area (Å²) in [5.74, 6) is 0. The fourth-order valence-electron chi connectivity index (χ4n) is 2.68. The summed E-state index contributed by atoms with van der Waals surface area (Å²) in [6, 6.07) is 8.75. The van der Waals surface area contributed by atoms with Gasteiger partial charge in [-0.05, 0) is 57.8 Å². The summed E-state index contributed by atoms with van der Waals surface area (Å²) in [5, 5.41) is 3.22. The molecule has 1 aromatic carbocycles. The molecule has 0 aromatic heterocycles. The lowest BCUT2D eigenvalue weighted by Crippen LogP contribution is -2.41. The van der Waals surface area contributed by atoms with Gasteiger partial charge in [-0.1, -0.05) is 43.7 Å². The molecule has 0 atom stereocenters. The minimum Gasteiger partial charge on any atom is -0.400 e. The Bertz CT molecular complexity index is 533. The number of nitrogens with one attached hydrogen (secondary N) is 1. The van der Waals surface area contributed by atoms with Crippen LogP contribution < -0.4 is 5.32 Å². The van der Waals surface area contributed by atoms with Gasteiger partial charge in [0.1, 0.15) is 0 Å². The van der Waals surface area contributed by atoms with Crippen molar-refractivity contribution in [3.8, 4) is 0 Å². The van der Waals surface area contributed by atoms with E-state index in [4.69, 9.17) is 9.31 Å². The molecule has 1 saturated heterocycles. The summed E-state index contributed by atoms with van der Waals surface area (Å²) in [6.45, 7) is 11.3. The number of rotatable bonds is 6. The molecule has 1 fully saturated rings. The Kier molecular flexibility index (Phi) is 5.72. The zero-order valence-electron chi connectivity index (χ0n) is 15.4. The molecule has 0 bridgehead atoms. The van der Waals surface area contributed by atoms with Crippen molar-refractivity contribution in [3.05, 3.63) is 40.9 Å². The molecule has 2 rings (SSSR count). The van der Waals surface area contributed by atoms with E-state index in [2.05, 4.69) is 70.3 Å². The lowest BCUT2D eigenvalue weighted by atomic mass is 9.77. The van der Waals surface area contributed by atoms with Crippen molar-refractivity contribution in [1.29, 1.82) is 0 Å². The molecule has 126 valence electrons. The highest BCUT2D eigenvalue weighted by molar-refractivity contribution is 6.55. The molecule has 1 aliphatic heterocycles. The quantitative estimate of drug-likeness (QED) is 0.808. The Morgan fingerprint density at radius 3 is 2.13 bits per heavy atom. The minimum absolute atomic E-state index is 0.303. The maximum atomic E-state index is 6.18. The van der Waals surface area contributed by atoms with Gasteiger partial charge in [0.2, 0.25) is 0 Å². The normalized spacial score (nSPS) is 20.1. The van der Waals surface area contributed by atoms with Crippen molar-refractivity contribution < 1.29 is 9.31 Å². The molecule has 0 spiro atoms. The van der Waals surface area contributed by atoms with E-state index in [1.807, 2.05) is 7.05 Å². The van der Waals surface area contributed by atoms with Crippen molar-refractivity contribution in [2.24, 2.45) is 0 Å². The summed E-state index contributed by atoms with van der Waals surface area (Å²) >= 11 is 0. The van der Waals surface area contributed by atoms with Crippen LogP contribution in [0.2, 0.25) is 0 Å². The number of likely N-dealkylation sites (N-methyl/N-ethyl adjacent to an activating group) is 1. The smallest absolute Gasteiger partial charge is 0.400 e. The zero-order valence-corrected chi connectivity index (χ0v) is 15.4. The summed E-state index contributed by atoms with van der Waals surface area (Å²) in [4.78, 5) is 0. The van der Waals surface area contributed by atoms with E-state index in [9.17, 15) is 0 Å². The second kappa shape index (κ2) is 7.21. The Balaban J connectivity index is 2.21. The first kappa shape index (κ1) is 18.2. The molecule has 0 amide bonds. The van der Waals surface area contributed by atoms with Crippen LogP contribution in [0.25, 0.3) is 6.08 Å². The van der Waals surface area contributed by atoms with Gasteiger partial charge in [0, 0.05) is 6.54 Å². The predicted molar refractivity (Wildman–Crippen MR) is 98.4 cm³/mol. The average Bonchev–Trinajstić information content (AvgIpc) is 2.69. The first-order valence-corrected chi connectivity index (χ1v) is 8.58. The first-order chi connectivity index (χ1) is 10.8. The molecule has 3 nitrogen and oxygen atoms in total. The number of hydrogen-bond acceptors (Lipinski definition) is 3. The Morgan fingerprint density at radius 2 is 1.65 bits per heavy atom. The third-order valence-electron chi connectivity index (χ3n) is 4.81. The highest BCUT2D eigenvalue weighted by Crippen LogP contribution is 2.38. The molecule has 0 radical (unpaired) electrons. The van der Waals surface area contributed by atoms with Crippen LogP contribution in [0, 0.1) is 0 Å². The predicted octanol–water partition coefficient (Wildman–Crippen LogP) is 3.87. The van der Waals surface area contributed by atoms with Crippen molar-refractivity contribution in [1.82, 2.24) is 5.32 Å². The lowest BCUT2D eigenvalue weighted by molar-refractivity contribution is 0.00578. The molecular weight excluding hydrogens is 285 g/mol. The van der Waals surface area contributed by atoms with E-state index in [1.54, 1.807) is 0 Å². The maximum absolute atomic E-state index is 6.18. The second-order valence-corrected chi connectivity index (χ2v) is 7.33. The van der Waals surface area contributed by atoms with Gasteiger partial charge < -0.3 is 14.6 Å². The fourth-order valence-corrected chi connectivity index (χ4v) is 2.68. The molecule has 0 aliphatic carbocycles. The van der Waals surface area contributed by atoms with E-state index < -0.39 is 0 Å². The van der Waals surface area contributed by atoms with E-state index in [0.29, 0.717) is 0 Å². The number of hydrogen-bond donors (Lipinski definition) is 1. The summed E-state index contributed by atoms with van der Waals surface area (Å²) in [5.41, 5.74) is 3.07. The van der Waals surface area contributed by atoms with Crippen LogP contribution in [0.15, 0.2) is 29.7 Å². The van der Waals surface area contributed by atoms with E-state index in [1.165, 1.54) is 17.5 Å². The fraction of sp³-hybridized carbons (Fsp3) is 0.579. The zero-order chi connectivity index (χ0) is 17.1. The Labute approximate surface area is 141 Å². The molecule has 1 heterocycles. The van der Waals surface area contributed by atoms with E-state index in [0.717, 1.165) is 18.4 Å². The lowest BCUT2D eigenvalue weighted by Gasteiger charge is -2.32. The summed E-state index contributed by atoms with van der Waals surface area (Å²) < 4.78 is 12.4. The van der Waals surface area contributed by atoms with Gasteiger partial charge in [-0.3, -0.25) is 0 Å². The number of aryl methyl sites for hydroxylation is 1. The van der Waals surface area contributed by atoms with Crippen molar-refractivity contribution in [2.45, 2.75) is 58.7 Å². The molecule has 1 aliphatic rings. The van der Waals surface area contributed by atoms with Crippen molar-refractivity contribution in [3.63, 3.8) is 0 Å². The second-order valence-electron chi connectivity index (χ2n) is 7.33. The standard InChI is InChI=1S/C19H30BNO2/c1-7-8-15-9-11-16(12-10-15)13-17(14-21-6)20-22-18(2,3)19(4,5)23-20/h9-13,21H,7-8,14H2,1-6H3. The molecule has 23 heavy (non-hydrogen) atoms. The molecule has 1 N–H and O–H groups in total. The molecule has 4 heteroatoms. The summed E-state index contributed by atoms with van der Waals surface area (Å²) in [6.07, 6.45) is 4.48. The maximum Gasteiger partial charge on any atom is 0.491 e. The Morgan fingerprint density at radius 1 is 1.09 bits per heavy atom. The van der Waals surface area contributed by atoms with Gasteiger partial charge in [0.25, 0.3) is 0 Å². The third-order valence-corrected chi connectivity index (χ3v) is 4.81. The van der Waals surface area contributed by atoms with Gasteiger partial charge >= 0.3 is 7.12 Å². The molecule has 0 saturated carbocycles. The van der Waals surface area contributed by atoms with E-state index >= 15 is 0 Å². The van der Waals surface area contributed by atoms with Crippen LogP contribution in [0.1, 0.15) is 52.2 Å². The average molecular weight is 315 g/mol. The van der Waals surface area contributed by atoms with Crippen LogP contribution in [0.4, 0.5) is 0 Å².